The maximum absolute atomic E-state index is 13.3. The van der Waals surface area contributed by atoms with Crippen molar-refractivity contribution in [3.05, 3.63) is 64.0 Å². The molecular formula is C22H24ClN3O3S. The average molecular weight is 446 g/mol. The molecule has 2 heterocycles. The van der Waals surface area contributed by atoms with Crippen LogP contribution in [0.5, 0.6) is 0 Å². The predicted molar refractivity (Wildman–Crippen MR) is 116 cm³/mol. The molecule has 0 unspecified atom stereocenters. The number of hydrogen-bond donors (Lipinski definition) is 0. The van der Waals surface area contributed by atoms with E-state index >= 15 is 0 Å². The van der Waals surface area contributed by atoms with Crippen LogP contribution in [0.2, 0.25) is 5.02 Å². The highest BCUT2D eigenvalue weighted by atomic mass is 35.5. The van der Waals surface area contributed by atoms with Gasteiger partial charge in [0.2, 0.25) is 21.7 Å². The highest BCUT2D eigenvalue weighted by molar-refractivity contribution is 7.89. The van der Waals surface area contributed by atoms with E-state index in [0.29, 0.717) is 47.6 Å². The van der Waals surface area contributed by atoms with E-state index in [9.17, 15) is 8.42 Å². The highest BCUT2D eigenvalue weighted by Gasteiger charge is 2.33. The van der Waals surface area contributed by atoms with Gasteiger partial charge in [0.05, 0.1) is 4.90 Å². The first-order valence-corrected chi connectivity index (χ1v) is 11.7. The Balaban J connectivity index is 1.49. The fourth-order valence-corrected chi connectivity index (χ4v) is 6.17. The molecule has 1 aromatic heterocycles. The van der Waals surface area contributed by atoms with Gasteiger partial charge in [-0.05, 0) is 69.0 Å². The second-order valence-corrected chi connectivity index (χ2v) is 10.2. The SMILES string of the molecule is Cc1cc(C)c(S(=O)(=O)N2CCC(c3nc(-c4ccc(Cl)cc4)no3)CC2)c(C)c1. The second kappa shape index (κ2) is 8.13. The minimum absolute atomic E-state index is 0.0465. The number of benzene rings is 2. The molecule has 0 radical (unpaired) electrons. The van der Waals surface area contributed by atoms with Crippen molar-refractivity contribution >= 4 is 21.6 Å². The molecule has 2 aromatic carbocycles. The third-order valence-electron chi connectivity index (χ3n) is 5.55. The molecular weight excluding hydrogens is 422 g/mol. The predicted octanol–water partition coefficient (Wildman–Crippen LogP) is 4.88. The Morgan fingerprint density at radius 1 is 1.03 bits per heavy atom. The van der Waals surface area contributed by atoms with Gasteiger partial charge in [0.1, 0.15) is 0 Å². The van der Waals surface area contributed by atoms with Crippen LogP contribution in [-0.4, -0.2) is 36.0 Å². The van der Waals surface area contributed by atoms with Crippen LogP contribution < -0.4 is 0 Å². The van der Waals surface area contributed by atoms with Gasteiger partial charge in [0.15, 0.2) is 0 Å². The van der Waals surface area contributed by atoms with Crippen LogP contribution >= 0.6 is 11.6 Å². The average Bonchev–Trinajstić information content (AvgIpc) is 3.18. The van der Waals surface area contributed by atoms with Crippen molar-refractivity contribution < 1.29 is 12.9 Å². The van der Waals surface area contributed by atoms with Crippen LogP contribution in [-0.2, 0) is 10.0 Å². The number of rotatable bonds is 4. The molecule has 30 heavy (non-hydrogen) atoms. The van der Waals surface area contributed by atoms with Crippen LogP contribution in [0, 0.1) is 20.8 Å². The van der Waals surface area contributed by atoms with Gasteiger partial charge in [-0.3, -0.25) is 0 Å². The van der Waals surface area contributed by atoms with Gasteiger partial charge in [-0.15, -0.1) is 0 Å². The summed E-state index contributed by atoms with van der Waals surface area (Å²) in [6.45, 7) is 6.55. The lowest BCUT2D eigenvalue weighted by atomic mass is 9.98. The lowest BCUT2D eigenvalue weighted by Crippen LogP contribution is -2.38. The van der Waals surface area contributed by atoms with E-state index in [1.54, 1.807) is 16.4 Å². The maximum atomic E-state index is 13.3. The zero-order valence-corrected chi connectivity index (χ0v) is 18.8. The van der Waals surface area contributed by atoms with Gasteiger partial charge in [0.25, 0.3) is 0 Å². The van der Waals surface area contributed by atoms with Crippen molar-refractivity contribution in [1.82, 2.24) is 14.4 Å². The summed E-state index contributed by atoms with van der Waals surface area (Å²) >= 11 is 5.93. The maximum Gasteiger partial charge on any atom is 0.243 e. The van der Waals surface area contributed by atoms with Crippen molar-refractivity contribution in [3.63, 3.8) is 0 Å². The van der Waals surface area contributed by atoms with Crippen LogP contribution in [0.25, 0.3) is 11.4 Å². The van der Waals surface area contributed by atoms with E-state index < -0.39 is 10.0 Å². The summed E-state index contributed by atoms with van der Waals surface area (Å²) in [5.41, 5.74) is 3.48. The Kier molecular flexibility index (Phi) is 5.70. The van der Waals surface area contributed by atoms with Crippen molar-refractivity contribution in [2.45, 2.75) is 44.4 Å². The van der Waals surface area contributed by atoms with Gasteiger partial charge in [0, 0.05) is 29.6 Å². The Morgan fingerprint density at radius 2 is 1.63 bits per heavy atom. The van der Waals surface area contributed by atoms with Gasteiger partial charge in [-0.1, -0.05) is 34.5 Å². The van der Waals surface area contributed by atoms with Gasteiger partial charge >= 0.3 is 0 Å². The molecule has 4 rings (SSSR count). The van der Waals surface area contributed by atoms with E-state index in [1.807, 2.05) is 45.0 Å². The Morgan fingerprint density at radius 3 is 2.23 bits per heavy atom. The molecule has 6 nitrogen and oxygen atoms in total. The van der Waals surface area contributed by atoms with E-state index in [2.05, 4.69) is 10.1 Å². The number of piperidine rings is 1. The first-order chi connectivity index (χ1) is 14.3. The van der Waals surface area contributed by atoms with Crippen LogP contribution in [0.3, 0.4) is 0 Å². The number of hydrogen-bond acceptors (Lipinski definition) is 5. The molecule has 3 aromatic rings. The lowest BCUT2D eigenvalue weighted by molar-refractivity contribution is 0.270. The van der Waals surface area contributed by atoms with Crippen LogP contribution in [0.1, 0.15) is 41.3 Å². The Bertz CT molecular complexity index is 1140. The molecule has 1 saturated heterocycles. The van der Waals surface area contributed by atoms with E-state index in [4.69, 9.17) is 16.1 Å². The standard InChI is InChI=1S/C22H24ClN3O3S/c1-14-12-15(2)20(16(3)13-14)30(27,28)26-10-8-18(9-11-26)22-24-21(25-29-22)17-4-6-19(23)7-5-17/h4-7,12-13,18H,8-11H2,1-3H3. The molecule has 0 aliphatic carbocycles. The zero-order chi connectivity index (χ0) is 21.5. The van der Waals surface area contributed by atoms with Crippen LogP contribution in [0.15, 0.2) is 45.8 Å². The van der Waals surface area contributed by atoms with Crippen molar-refractivity contribution in [1.29, 1.82) is 0 Å². The first kappa shape index (κ1) is 21.0. The molecule has 0 amide bonds. The number of aromatic nitrogens is 2. The second-order valence-electron chi connectivity index (χ2n) is 7.87. The summed E-state index contributed by atoms with van der Waals surface area (Å²) in [6, 6.07) is 11.1. The zero-order valence-electron chi connectivity index (χ0n) is 17.2. The van der Waals surface area contributed by atoms with E-state index in [0.717, 1.165) is 22.3 Å². The van der Waals surface area contributed by atoms with Gasteiger partial charge < -0.3 is 4.52 Å². The minimum atomic E-state index is -3.53. The Labute approximate surface area is 181 Å². The first-order valence-electron chi connectivity index (χ1n) is 9.93. The number of nitrogens with zero attached hydrogens (tertiary/aromatic N) is 3. The molecule has 1 aliphatic heterocycles. The van der Waals surface area contributed by atoms with Crippen molar-refractivity contribution in [2.24, 2.45) is 0 Å². The molecule has 8 heteroatoms. The summed E-state index contributed by atoms with van der Waals surface area (Å²) in [5.74, 6) is 1.12. The molecule has 158 valence electrons. The molecule has 0 N–H and O–H groups in total. The number of aryl methyl sites for hydroxylation is 3. The molecule has 0 spiro atoms. The fourth-order valence-electron chi connectivity index (χ4n) is 4.16. The Hall–Kier alpha value is -2.22. The molecule has 0 atom stereocenters. The minimum Gasteiger partial charge on any atom is -0.339 e. The monoisotopic (exact) mass is 445 g/mol. The summed E-state index contributed by atoms with van der Waals surface area (Å²) in [4.78, 5) is 4.95. The van der Waals surface area contributed by atoms with Gasteiger partial charge in [-0.25, -0.2) is 8.42 Å². The number of sulfonamides is 1. The van der Waals surface area contributed by atoms with Crippen molar-refractivity contribution in [3.8, 4) is 11.4 Å². The van der Waals surface area contributed by atoms with E-state index in [1.165, 1.54) is 0 Å². The number of halogens is 1. The van der Waals surface area contributed by atoms with E-state index in [-0.39, 0.29) is 5.92 Å². The van der Waals surface area contributed by atoms with Crippen LogP contribution in [0.4, 0.5) is 0 Å². The summed E-state index contributed by atoms with van der Waals surface area (Å²) in [7, 11) is -3.53. The third kappa shape index (κ3) is 4.02. The quantitative estimate of drug-likeness (QED) is 0.571. The summed E-state index contributed by atoms with van der Waals surface area (Å²) < 4.78 is 33.6. The normalized spacial score (nSPS) is 16.1. The fraction of sp³-hybridized carbons (Fsp3) is 0.364. The smallest absolute Gasteiger partial charge is 0.243 e. The molecule has 1 fully saturated rings. The molecule has 1 aliphatic rings. The lowest BCUT2D eigenvalue weighted by Gasteiger charge is -2.30. The topological polar surface area (TPSA) is 76.3 Å². The van der Waals surface area contributed by atoms with Gasteiger partial charge in [-0.2, -0.15) is 9.29 Å². The third-order valence-corrected chi connectivity index (χ3v) is 8.01. The highest BCUT2D eigenvalue weighted by Crippen LogP contribution is 2.33. The summed E-state index contributed by atoms with van der Waals surface area (Å²) in [5, 5.41) is 4.73. The summed E-state index contributed by atoms with van der Waals surface area (Å²) in [6.07, 6.45) is 1.29. The molecule has 0 saturated carbocycles. The van der Waals surface area contributed by atoms with Crippen molar-refractivity contribution in [2.75, 3.05) is 13.1 Å². The molecule has 0 bridgehead atoms. The largest absolute Gasteiger partial charge is 0.339 e.